The number of guanidine groups is 1. The van der Waals surface area contributed by atoms with Crippen molar-refractivity contribution in [3.05, 3.63) is 12.8 Å². The molecule has 0 heterocycles. The molecule has 0 fully saturated rings. The molecule has 0 aromatic rings. The van der Waals surface area contributed by atoms with Crippen LogP contribution in [0.2, 0.25) is 0 Å². The number of nitrogens with one attached hydrogen (secondary N) is 1. The van der Waals surface area contributed by atoms with Gasteiger partial charge < -0.3 is 0 Å². The molecule has 0 saturated heterocycles. The molecule has 3 nitrogen and oxygen atoms in total. The van der Waals surface area contributed by atoms with Crippen LogP contribution >= 0.6 is 0 Å². The molecule has 0 aliphatic heterocycles. The van der Waals surface area contributed by atoms with Crippen LogP contribution in [-0.2, 0) is 0 Å². The van der Waals surface area contributed by atoms with Crippen molar-refractivity contribution >= 4 is 5.96 Å². The number of hydrogen-bond donors (Lipinski definition) is 2. The molecular formula is C5H12N3+. The van der Waals surface area contributed by atoms with E-state index in [1.165, 1.54) is 0 Å². The minimum absolute atomic E-state index is 0.597. The molecule has 0 bridgehead atoms. The minimum atomic E-state index is 0.597. The Kier molecular flexibility index (Phi) is 2.69. The SMILES string of the molecule is C=C[N+](C)=C(N)NC. The van der Waals surface area contributed by atoms with E-state index in [0.717, 1.165) is 0 Å². The van der Waals surface area contributed by atoms with E-state index in [9.17, 15) is 0 Å². The fourth-order valence-electron chi connectivity index (χ4n) is 0.275. The molecule has 0 aromatic heterocycles. The summed E-state index contributed by atoms with van der Waals surface area (Å²) in [5.41, 5.74) is 5.39. The van der Waals surface area contributed by atoms with Gasteiger partial charge in [-0.25, -0.2) is 4.58 Å². The highest BCUT2D eigenvalue weighted by Gasteiger charge is 1.91. The molecule has 0 amide bonds. The molecule has 0 unspecified atom stereocenters. The van der Waals surface area contributed by atoms with E-state index in [4.69, 9.17) is 5.73 Å². The molecule has 0 aromatic carbocycles. The Balaban J connectivity index is 4.03. The zero-order chi connectivity index (χ0) is 6.57. The number of rotatable bonds is 1. The van der Waals surface area contributed by atoms with E-state index in [0.29, 0.717) is 5.96 Å². The topological polar surface area (TPSA) is 41.1 Å². The minimum Gasteiger partial charge on any atom is -0.290 e. The quantitative estimate of drug-likeness (QED) is 0.269. The average Bonchev–Trinajstić information content (AvgIpc) is 1.84. The van der Waals surface area contributed by atoms with Gasteiger partial charge in [-0.05, 0) is 0 Å². The lowest BCUT2D eigenvalue weighted by Gasteiger charge is -1.94. The molecule has 0 aliphatic carbocycles. The van der Waals surface area contributed by atoms with Gasteiger partial charge in [0.15, 0.2) is 0 Å². The molecular weight excluding hydrogens is 102 g/mol. The summed E-state index contributed by atoms with van der Waals surface area (Å²) in [4.78, 5) is 0. The average molecular weight is 114 g/mol. The Hall–Kier alpha value is -0.990. The van der Waals surface area contributed by atoms with Crippen LogP contribution in [0.15, 0.2) is 12.8 Å². The third kappa shape index (κ3) is 1.64. The van der Waals surface area contributed by atoms with Crippen molar-refractivity contribution in [2.75, 3.05) is 14.1 Å². The lowest BCUT2D eigenvalue weighted by Crippen LogP contribution is -2.34. The highest BCUT2D eigenvalue weighted by molar-refractivity contribution is 5.72. The van der Waals surface area contributed by atoms with Gasteiger partial charge in [-0.2, -0.15) is 0 Å². The number of hydrogen-bond acceptors (Lipinski definition) is 0. The van der Waals surface area contributed by atoms with Crippen LogP contribution in [0.5, 0.6) is 0 Å². The molecule has 0 radical (unpaired) electrons. The van der Waals surface area contributed by atoms with Crippen LogP contribution in [0, 0.1) is 0 Å². The largest absolute Gasteiger partial charge is 0.347 e. The van der Waals surface area contributed by atoms with Gasteiger partial charge in [0.1, 0.15) is 0 Å². The second kappa shape index (κ2) is 3.07. The number of nitrogens with two attached hydrogens (primary N) is 1. The Bertz CT molecular complexity index is 115. The van der Waals surface area contributed by atoms with Gasteiger partial charge in [-0.1, -0.05) is 6.58 Å². The Morgan fingerprint density at radius 2 is 2.38 bits per heavy atom. The van der Waals surface area contributed by atoms with E-state index in [1.54, 1.807) is 17.8 Å². The van der Waals surface area contributed by atoms with Gasteiger partial charge in [0.25, 0.3) is 0 Å². The molecule has 0 rings (SSSR count). The predicted molar refractivity (Wildman–Crippen MR) is 34.6 cm³/mol. The Morgan fingerprint density at radius 1 is 1.88 bits per heavy atom. The summed E-state index contributed by atoms with van der Waals surface area (Å²) in [5, 5.41) is 2.76. The van der Waals surface area contributed by atoms with E-state index in [-0.39, 0.29) is 0 Å². The van der Waals surface area contributed by atoms with Gasteiger partial charge in [0.05, 0.1) is 20.3 Å². The highest BCUT2D eigenvalue weighted by Crippen LogP contribution is 1.62. The second-order valence-electron chi connectivity index (χ2n) is 1.43. The van der Waals surface area contributed by atoms with E-state index in [2.05, 4.69) is 11.9 Å². The monoisotopic (exact) mass is 114 g/mol. The Morgan fingerprint density at radius 3 is 2.50 bits per heavy atom. The maximum atomic E-state index is 5.39. The van der Waals surface area contributed by atoms with Crippen molar-refractivity contribution < 1.29 is 4.58 Å². The molecule has 0 spiro atoms. The van der Waals surface area contributed by atoms with Crippen LogP contribution in [0.1, 0.15) is 0 Å². The van der Waals surface area contributed by atoms with Gasteiger partial charge in [0, 0.05) is 0 Å². The van der Waals surface area contributed by atoms with Crippen molar-refractivity contribution in [2.45, 2.75) is 0 Å². The van der Waals surface area contributed by atoms with Crippen LogP contribution in [-0.4, -0.2) is 24.6 Å². The summed E-state index contributed by atoms with van der Waals surface area (Å²) >= 11 is 0. The Labute approximate surface area is 49.5 Å². The van der Waals surface area contributed by atoms with Crippen LogP contribution in [0.25, 0.3) is 0 Å². The first-order valence-electron chi connectivity index (χ1n) is 2.38. The summed E-state index contributed by atoms with van der Waals surface area (Å²) in [7, 11) is 3.58. The molecule has 0 aliphatic rings. The summed E-state index contributed by atoms with van der Waals surface area (Å²) in [6.07, 6.45) is 1.63. The molecule has 0 saturated carbocycles. The maximum absolute atomic E-state index is 5.39. The van der Waals surface area contributed by atoms with Gasteiger partial charge in [0.2, 0.25) is 0 Å². The third-order valence-corrected chi connectivity index (χ3v) is 0.910. The first-order chi connectivity index (χ1) is 3.72. The van der Waals surface area contributed by atoms with Gasteiger partial charge in [-0.15, -0.1) is 0 Å². The van der Waals surface area contributed by atoms with Crippen molar-refractivity contribution in [1.82, 2.24) is 5.32 Å². The highest BCUT2D eigenvalue weighted by atomic mass is 15.1. The summed E-state index contributed by atoms with van der Waals surface area (Å²) in [5.74, 6) is 0.597. The molecule has 0 atom stereocenters. The summed E-state index contributed by atoms with van der Waals surface area (Å²) in [6.45, 7) is 3.51. The van der Waals surface area contributed by atoms with Gasteiger partial charge >= 0.3 is 5.96 Å². The standard InChI is InChI=1S/C5H11N3/c1-4-8(3)5(6)7-2/h4H,1H2,2-3H3,(H2,6,7)/p+1. The van der Waals surface area contributed by atoms with Crippen molar-refractivity contribution in [1.29, 1.82) is 0 Å². The smallest absolute Gasteiger partial charge is 0.290 e. The lowest BCUT2D eigenvalue weighted by atomic mass is 10.8. The molecule has 46 valence electrons. The third-order valence-electron chi connectivity index (χ3n) is 0.910. The van der Waals surface area contributed by atoms with Gasteiger partial charge in [-0.3, -0.25) is 11.1 Å². The second-order valence-corrected chi connectivity index (χ2v) is 1.43. The van der Waals surface area contributed by atoms with Crippen LogP contribution < -0.4 is 11.1 Å². The van der Waals surface area contributed by atoms with Crippen LogP contribution in [0.4, 0.5) is 0 Å². The van der Waals surface area contributed by atoms with E-state index >= 15 is 0 Å². The van der Waals surface area contributed by atoms with E-state index in [1.807, 2.05) is 7.05 Å². The van der Waals surface area contributed by atoms with E-state index < -0.39 is 0 Å². The predicted octanol–water partition coefficient (Wildman–Crippen LogP) is -0.694. The summed E-state index contributed by atoms with van der Waals surface area (Å²) in [6, 6.07) is 0. The van der Waals surface area contributed by atoms with Crippen molar-refractivity contribution in [3.8, 4) is 0 Å². The van der Waals surface area contributed by atoms with Crippen molar-refractivity contribution in [2.24, 2.45) is 5.73 Å². The first-order valence-corrected chi connectivity index (χ1v) is 2.38. The van der Waals surface area contributed by atoms with Crippen LogP contribution in [0.3, 0.4) is 0 Å². The zero-order valence-electron chi connectivity index (χ0n) is 5.31. The zero-order valence-corrected chi connectivity index (χ0v) is 5.31. The normalized spacial score (nSPS) is 12.2. The first kappa shape index (κ1) is 7.01. The number of nitrogens with zero attached hydrogens (tertiary/aromatic N) is 1. The molecule has 8 heavy (non-hydrogen) atoms. The lowest BCUT2D eigenvalue weighted by molar-refractivity contribution is -0.424. The fraction of sp³-hybridized carbons (Fsp3) is 0.400. The molecule has 3 N–H and O–H groups in total. The maximum Gasteiger partial charge on any atom is 0.347 e. The van der Waals surface area contributed by atoms with Crippen molar-refractivity contribution in [3.63, 3.8) is 0 Å². The molecule has 3 heteroatoms. The fourth-order valence-corrected chi connectivity index (χ4v) is 0.275. The summed E-state index contributed by atoms with van der Waals surface area (Å²) < 4.78 is 1.69.